The van der Waals surface area contributed by atoms with Crippen LogP contribution in [-0.4, -0.2) is 12.6 Å². The van der Waals surface area contributed by atoms with E-state index in [4.69, 9.17) is 0 Å². The first-order chi connectivity index (χ1) is 11.2. The van der Waals surface area contributed by atoms with Crippen molar-refractivity contribution < 1.29 is 4.39 Å². The van der Waals surface area contributed by atoms with Gasteiger partial charge in [-0.15, -0.1) is 0 Å². The second-order valence-electron chi connectivity index (χ2n) is 6.01. The number of rotatable bonds is 5. The quantitative estimate of drug-likeness (QED) is 0.825. The molecule has 0 bridgehead atoms. The fourth-order valence-electron chi connectivity index (χ4n) is 3.32. The lowest BCUT2D eigenvalue weighted by Crippen LogP contribution is -2.42. The van der Waals surface area contributed by atoms with Crippen molar-refractivity contribution in [1.29, 1.82) is 0 Å². The van der Waals surface area contributed by atoms with Crippen LogP contribution in [0.2, 0.25) is 0 Å². The van der Waals surface area contributed by atoms with Gasteiger partial charge in [0.2, 0.25) is 0 Å². The maximum Gasteiger partial charge on any atom is 0.176 e. The summed E-state index contributed by atoms with van der Waals surface area (Å²) in [6.45, 7) is 8.39. The third kappa shape index (κ3) is 2.87. The summed E-state index contributed by atoms with van der Waals surface area (Å²) in [5.41, 5.74) is 1.84. The predicted octanol–water partition coefficient (Wildman–Crippen LogP) is 4.94. The summed E-state index contributed by atoms with van der Waals surface area (Å²) in [7, 11) is 0. The highest BCUT2D eigenvalue weighted by atomic mass is 19.1. The van der Waals surface area contributed by atoms with Crippen LogP contribution in [0.25, 0.3) is 12.2 Å². The monoisotopic (exact) mass is 307 g/mol. The normalized spacial score (nSPS) is 17.9. The summed E-state index contributed by atoms with van der Waals surface area (Å²) < 4.78 is 16.3. The number of hydrogen-bond donors (Lipinski definition) is 1. The minimum absolute atomic E-state index is 0.202. The molecule has 2 aromatic carbocycles. The molecule has 23 heavy (non-hydrogen) atoms. The molecule has 1 saturated heterocycles. The van der Waals surface area contributed by atoms with E-state index in [9.17, 15) is 0 Å². The highest BCUT2D eigenvalue weighted by Gasteiger charge is 2.43. The molecule has 1 N–H and O–H groups in total. The van der Waals surface area contributed by atoms with E-state index in [1.807, 2.05) is 48.5 Å². The molecule has 1 heterocycles. The van der Waals surface area contributed by atoms with E-state index in [0.29, 0.717) is 11.1 Å². The van der Waals surface area contributed by atoms with Crippen molar-refractivity contribution in [3.05, 3.63) is 83.9 Å². The van der Waals surface area contributed by atoms with Gasteiger partial charge in [0.25, 0.3) is 0 Å². The van der Waals surface area contributed by atoms with Crippen LogP contribution in [0.3, 0.4) is 0 Å². The van der Waals surface area contributed by atoms with Crippen molar-refractivity contribution >= 4 is 12.2 Å². The summed E-state index contributed by atoms with van der Waals surface area (Å²) in [5, 5.41) is 3.34. The molecule has 1 fully saturated rings. The summed E-state index contributed by atoms with van der Waals surface area (Å²) in [6.07, 6.45) is 5.39. The Balaban J connectivity index is 2.08. The van der Waals surface area contributed by atoms with E-state index in [-0.39, 0.29) is 6.04 Å². The van der Waals surface area contributed by atoms with Crippen LogP contribution >= 0.6 is 0 Å². The SMILES string of the molecule is C=Cc1ccc(C(F)(c2ccc(C=C)cc2)[C@@H]2CCCN2)cc1. The molecule has 1 atom stereocenters. The largest absolute Gasteiger partial charge is 0.310 e. The van der Waals surface area contributed by atoms with E-state index in [2.05, 4.69) is 18.5 Å². The Bertz CT molecular complexity index is 627. The lowest BCUT2D eigenvalue weighted by Gasteiger charge is -2.33. The van der Waals surface area contributed by atoms with Gasteiger partial charge in [0.15, 0.2) is 5.67 Å². The molecule has 1 aliphatic heterocycles. The first kappa shape index (κ1) is 15.7. The predicted molar refractivity (Wildman–Crippen MR) is 96.0 cm³/mol. The van der Waals surface area contributed by atoms with Crippen molar-refractivity contribution in [2.45, 2.75) is 24.6 Å². The van der Waals surface area contributed by atoms with Gasteiger partial charge in [0, 0.05) is 6.04 Å². The molecule has 2 heteroatoms. The van der Waals surface area contributed by atoms with Gasteiger partial charge in [-0.05, 0) is 41.6 Å². The first-order valence-electron chi connectivity index (χ1n) is 8.06. The number of benzene rings is 2. The number of alkyl halides is 1. The topological polar surface area (TPSA) is 12.0 Å². The number of hydrogen-bond acceptors (Lipinski definition) is 1. The Labute approximate surface area is 137 Å². The molecule has 118 valence electrons. The highest BCUT2D eigenvalue weighted by Crippen LogP contribution is 2.40. The summed E-state index contributed by atoms with van der Waals surface area (Å²) in [4.78, 5) is 0. The lowest BCUT2D eigenvalue weighted by molar-refractivity contribution is 0.163. The number of nitrogens with one attached hydrogen (secondary N) is 1. The van der Waals surface area contributed by atoms with Crippen molar-refractivity contribution in [3.8, 4) is 0 Å². The van der Waals surface area contributed by atoms with Gasteiger partial charge in [0.05, 0.1) is 0 Å². The van der Waals surface area contributed by atoms with E-state index in [1.54, 1.807) is 12.2 Å². The smallest absolute Gasteiger partial charge is 0.176 e. The molecule has 0 aliphatic carbocycles. The van der Waals surface area contributed by atoms with Crippen LogP contribution < -0.4 is 5.32 Å². The first-order valence-corrected chi connectivity index (χ1v) is 8.06. The van der Waals surface area contributed by atoms with Gasteiger partial charge < -0.3 is 5.32 Å². The van der Waals surface area contributed by atoms with Gasteiger partial charge in [-0.3, -0.25) is 0 Å². The summed E-state index contributed by atoms with van der Waals surface area (Å²) in [5.74, 6) is 0. The van der Waals surface area contributed by atoms with E-state index in [0.717, 1.165) is 30.5 Å². The molecule has 1 aliphatic rings. The van der Waals surface area contributed by atoms with E-state index in [1.165, 1.54) is 0 Å². The van der Waals surface area contributed by atoms with Gasteiger partial charge in [0.1, 0.15) is 0 Å². The Morgan fingerprint density at radius 3 is 1.74 bits per heavy atom. The molecule has 0 spiro atoms. The molecule has 0 radical (unpaired) electrons. The van der Waals surface area contributed by atoms with Gasteiger partial charge >= 0.3 is 0 Å². The molecule has 0 amide bonds. The molecule has 3 rings (SSSR count). The van der Waals surface area contributed by atoms with Crippen molar-refractivity contribution in [2.75, 3.05) is 6.54 Å². The van der Waals surface area contributed by atoms with Gasteiger partial charge in [-0.1, -0.05) is 73.8 Å². The van der Waals surface area contributed by atoms with Crippen LogP contribution in [-0.2, 0) is 5.67 Å². The maximum atomic E-state index is 16.3. The zero-order valence-corrected chi connectivity index (χ0v) is 13.3. The van der Waals surface area contributed by atoms with Crippen LogP contribution in [0, 0.1) is 0 Å². The Morgan fingerprint density at radius 1 is 0.913 bits per heavy atom. The standard InChI is InChI=1S/C21H22FN/c1-3-16-7-11-18(12-8-16)21(22,20-6-5-15-23-20)19-13-9-17(4-2)10-14-19/h3-4,7-14,20,23H,1-2,5-6,15H2/t20-/m0/s1. The average molecular weight is 307 g/mol. The van der Waals surface area contributed by atoms with Crippen molar-refractivity contribution in [2.24, 2.45) is 0 Å². The van der Waals surface area contributed by atoms with Gasteiger partial charge in [-0.2, -0.15) is 0 Å². The Hall–Kier alpha value is -2.19. The fourth-order valence-corrected chi connectivity index (χ4v) is 3.32. The highest BCUT2D eigenvalue weighted by molar-refractivity contribution is 5.52. The Kier molecular flexibility index (Phi) is 4.44. The molecular weight excluding hydrogens is 285 g/mol. The third-order valence-corrected chi connectivity index (χ3v) is 4.67. The van der Waals surface area contributed by atoms with Crippen LogP contribution in [0.1, 0.15) is 35.1 Å². The molecular formula is C21H22FN. The molecule has 1 nitrogen and oxygen atoms in total. The van der Waals surface area contributed by atoms with Crippen molar-refractivity contribution in [1.82, 2.24) is 5.32 Å². The van der Waals surface area contributed by atoms with Crippen LogP contribution in [0.5, 0.6) is 0 Å². The fraction of sp³-hybridized carbons (Fsp3) is 0.238. The van der Waals surface area contributed by atoms with Crippen LogP contribution in [0.15, 0.2) is 61.7 Å². The van der Waals surface area contributed by atoms with Gasteiger partial charge in [-0.25, -0.2) is 4.39 Å². The molecule has 2 aromatic rings. The van der Waals surface area contributed by atoms with E-state index >= 15 is 4.39 Å². The minimum atomic E-state index is -1.53. The molecule has 0 saturated carbocycles. The second kappa shape index (κ2) is 6.51. The third-order valence-electron chi connectivity index (χ3n) is 4.67. The van der Waals surface area contributed by atoms with Crippen molar-refractivity contribution in [3.63, 3.8) is 0 Å². The zero-order valence-electron chi connectivity index (χ0n) is 13.3. The minimum Gasteiger partial charge on any atom is -0.310 e. The maximum absolute atomic E-state index is 16.3. The lowest BCUT2D eigenvalue weighted by atomic mass is 9.80. The second-order valence-corrected chi connectivity index (χ2v) is 6.01. The summed E-state index contributed by atoms with van der Waals surface area (Å²) in [6, 6.07) is 15.0. The molecule has 0 unspecified atom stereocenters. The zero-order chi connectivity index (χ0) is 16.3. The summed E-state index contributed by atoms with van der Waals surface area (Å²) >= 11 is 0. The van der Waals surface area contributed by atoms with Crippen LogP contribution in [0.4, 0.5) is 4.39 Å². The Morgan fingerprint density at radius 2 is 1.39 bits per heavy atom. The number of halogens is 1. The van der Waals surface area contributed by atoms with E-state index < -0.39 is 5.67 Å². The molecule has 0 aromatic heterocycles. The average Bonchev–Trinajstić information content (AvgIpc) is 3.16.